The van der Waals surface area contributed by atoms with E-state index in [-0.39, 0.29) is 34.6 Å². The van der Waals surface area contributed by atoms with E-state index in [1.165, 1.54) is 16.7 Å². The number of pyridine rings is 1. The fourth-order valence-corrected chi connectivity index (χ4v) is 4.29. The Morgan fingerprint density at radius 1 is 1.14 bits per heavy atom. The largest absolute Gasteiger partial charge is 0.481 e. The van der Waals surface area contributed by atoms with Gasteiger partial charge in [-0.25, -0.2) is 23.1 Å². The fraction of sp³-hybridized carbons (Fsp3) is 0.231. The van der Waals surface area contributed by atoms with Crippen molar-refractivity contribution in [2.75, 3.05) is 5.73 Å². The summed E-state index contributed by atoms with van der Waals surface area (Å²) in [4.78, 5) is 43.4. The lowest BCUT2D eigenvalue weighted by atomic mass is 9.95. The molecule has 2 aromatic carbocycles. The number of nitrogens with zero attached hydrogens (tertiary/aromatic N) is 2. The van der Waals surface area contributed by atoms with Gasteiger partial charge in [-0.3, -0.25) is 14.6 Å². The Bertz CT molecular complexity index is 1590. The Labute approximate surface area is 204 Å². The van der Waals surface area contributed by atoms with Crippen molar-refractivity contribution in [3.63, 3.8) is 0 Å². The second kappa shape index (κ2) is 9.73. The number of fused-ring (bicyclic) bond motifs is 1. The minimum Gasteiger partial charge on any atom is -0.481 e. The van der Waals surface area contributed by atoms with E-state index in [4.69, 9.17) is 10.8 Å². The zero-order valence-corrected chi connectivity index (χ0v) is 19.6. The van der Waals surface area contributed by atoms with E-state index in [2.05, 4.69) is 9.97 Å². The van der Waals surface area contributed by atoms with E-state index in [1.807, 2.05) is 19.9 Å². The standard InChI is InChI=1S/C26H24F2N4O4/c1-13(2)15-8-3-6-14(7-4-11-20(33)34)23(15)32-24-16(25(35)31-26(32)36)12-18(28)22(30-24)21-17(27)9-5-10-19(21)29/h3,5-6,8-10,12-13H,4,7,11,29H2,1-2H3,(H,33,34)(H,31,35,36). The summed E-state index contributed by atoms with van der Waals surface area (Å²) in [5.41, 5.74) is 5.09. The molecule has 0 atom stereocenters. The van der Waals surface area contributed by atoms with Crippen LogP contribution in [0.3, 0.4) is 0 Å². The molecule has 0 aliphatic rings. The number of para-hydroxylation sites is 1. The van der Waals surface area contributed by atoms with Crippen LogP contribution in [0.4, 0.5) is 14.5 Å². The number of benzene rings is 2. The van der Waals surface area contributed by atoms with Gasteiger partial charge in [0.2, 0.25) is 0 Å². The van der Waals surface area contributed by atoms with E-state index in [0.29, 0.717) is 24.1 Å². The molecule has 0 fully saturated rings. The van der Waals surface area contributed by atoms with E-state index in [9.17, 15) is 18.8 Å². The summed E-state index contributed by atoms with van der Waals surface area (Å²) < 4.78 is 31.0. The van der Waals surface area contributed by atoms with Gasteiger partial charge in [-0.2, -0.15) is 0 Å². The van der Waals surface area contributed by atoms with Crippen molar-refractivity contribution < 1.29 is 18.7 Å². The van der Waals surface area contributed by atoms with Crippen molar-refractivity contribution in [2.24, 2.45) is 0 Å². The molecule has 186 valence electrons. The predicted octanol–water partition coefficient (Wildman–Crippen LogP) is 4.13. The Morgan fingerprint density at radius 3 is 2.53 bits per heavy atom. The summed E-state index contributed by atoms with van der Waals surface area (Å²) >= 11 is 0. The summed E-state index contributed by atoms with van der Waals surface area (Å²) in [6, 6.07) is 10.1. The Kier molecular flexibility index (Phi) is 6.69. The molecule has 2 heterocycles. The maximum absolute atomic E-state index is 15.1. The minimum absolute atomic E-state index is 0.0589. The third-order valence-electron chi connectivity index (χ3n) is 5.95. The highest BCUT2D eigenvalue weighted by molar-refractivity contribution is 5.83. The number of nitrogens with one attached hydrogen (secondary N) is 1. The van der Waals surface area contributed by atoms with Crippen LogP contribution in [0, 0.1) is 11.6 Å². The number of hydrogen-bond acceptors (Lipinski definition) is 5. The number of aryl methyl sites for hydroxylation is 1. The number of carboxylic acid groups (broad SMARTS) is 1. The van der Waals surface area contributed by atoms with E-state index in [0.717, 1.165) is 17.7 Å². The Morgan fingerprint density at radius 2 is 1.86 bits per heavy atom. The van der Waals surface area contributed by atoms with Crippen molar-refractivity contribution in [3.8, 4) is 16.9 Å². The number of aromatic nitrogens is 3. The second-order valence-corrected chi connectivity index (χ2v) is 8.75. The molecular formula is C26H24F2N4O4. The monoisotopic (exact) mass is 494 g/mol. The normalized spacial score (nSPS) is 11.4. The molecular weight excluding hydrogens is 470 g/mol. The van der Waals surface area contributed by atoms with Gasteiger partial charge in [-0.1, -0.05) is 38.1 Å². The van der Waals surface area contributed by atoms with Gasteiger partial charge in [0.1, 0.15) is 11.5 Å². The number of nitrogens with two attached hydrogens (primary N) is 1. The summed E-state index contributed by atoms with van der Waals surface area (Å²) in [6.07, 6.45) is 0.551. The van der Waals surface area contributed by atoms with Crippen molar-refractivity contribution in [1.82, 2.24) is 14.5 Å². The van der Waals surface area contributed by atoms with Crippen LogP contribution in [0.1, 0.15) is 43.7 Å². The molecule has 4 aromatic rings. The van der Waals surface area contributed by atoms with Gasteiger partial charge in [0, 0.05) is 12.1 Å². The van der Waals surface area contributed by atoms with Gasteiger partial charge in [-0.05, 0) is 48.1 Å². The van der Waals surface area contributed by atoms with Crippen molar-refractivity contribution in [3.05, 3.63) is 86.1 Å². The fourth-order valence-electron chi connectivity index (χ4n) is 4.29. The smallest absolute Gasteiger partial charge is 0.334 e. The Hall–Kier alpha value is -4.34. The predicted molar refractivity (Wildman–Crippen MR) is 132 cm³/mol. The number of aromatic amines is 1. The van der Waals surface area contributed by atoms with Gasteiger partial charge >= 0.3 is 11.7 Å². The van der Waals surface area contributed by atoms with Crippen LogP contribution >= 0.6 is 0 Å². The molecule has 0 spiro atoms. The lowest BCUT2D eigenvalue weighted by molar-refractivity contribution is -0.137. The summed E-state index contributed by atoms with van der Waals surface area (Å²) in [7, 11) is 0. The first-order chi connectivity index (χ1) is 17.1. The second-order valence-electron chi connectivity index (χ2n) is 8.75. The molecule has 0 amide bonds. The zero-order valence-electron chi connectivity index (χ0n) is 19.6. The quantitative estimate of drug-likeness (QED) is 0.331. The van der Waals surface area contributed by atoms with Crippen LogP contribution in [-0.4, -0.2) is 25.6 Å². The average Bonchev–Trinajstić information content (AvgIpc) is 2.80. The first-order valence-corrected chi connectivity index (χ1v) is 11.3. The molecule has 0 bridgehead atoms. The van der Waals surface area contributed by atoms with Gasteiger partial charge < -0.3 is 10.8 Å². The van der Waals surface area contributed by atoms with Crippen LogP contribution in [0.15, 0.2) is 52.1 Å². The van der Waals surface area contributed by atoms with E-state index in [1.54, 1.807) is 12.1 Å². The Balaban J connectivity index is 2.09. The number of carboxylic acids is 1. The van der Waals surface area contributed by atoms with Crippen molar-refractivity contribution in [2.45, 2.75) is 39.0 Å². The molecule has 10 heteroatoms. The van der Waals surface area contributed by atoms with Crippen LogP contribution in [0.2, 0.25) is 0 Å². The molecule has 0 unspecified atom stereocenters. The third kappa shape index (κ3) is 4.49. The topological polar surface area (TPSA) is 131 Å². The number of carbonyl (C=O) groups is 1. The van der Waals surface area contributed by atoms with Gasteiger partial charge in [0.25, 0.3) is 5.56 Å². The average molecular weight is 494 g/mol. The van der Waals surface area contributed by atoms with Gasteiger partial charge in [-0.15, -0.1) is 0 Å². The summed E-state index contributed by atoms with van der Waals surface area (Å²) in [5, 5.41) is 8.86. The summed E-state index contributed by atoms with van der Waals surface area (Å²) in [6.45, 7) is 3.83. The number of rotatable bonds is 7. The molecule has 0 saturated carbocycles. The molecule has 4 rings (SSSR count). The van der Waals surface area contributed by atoms with Crippen LogP contribution in [-0.2, 0) is 11.2 Å². The molecule has 0 radical (unpaired) electrons. The lowest BCUT2D eigenvalue weighted by Gasteiger charge is -2.20. The van der Waals surface area contributed by atoms with Crippen molar-refractivity contribution >= 4 is 22.7 Å². The molecule has 0 aliphatic heterocycles. The molecule has 8 nitrogen and oxygen atoms in total. The highest BCUT2D eigenvalue weighted by Gasteiger charge is 2.23. The minimum atomic E-state index is -0.978. The molecule has 0 aliphatic carbocycles. The van der Waals surface area contributed by atoms with Crippen molar-refractivity contribution in [1.29, 1.82) is 0 Å². The first-order valence-electron chi connectivity index (χ1n) is 11.3. The highest BCUT2D eigenvalue weighted by Crippen LogP contribution is 2.32. The molecule has 36 heavy (non-hydrogen) atoms. The third-order valence-corrected chi connectivity index (χ3v) is 5.95. The maximum atomic E-state index is 15.1. The molecule has 4 N–H and O–H groups in total. The number of hydrogen-bond donors (Lipinski definition) is 3. The summed E-state index contributed by atoms with van der Waals surface area (Å²) in [5.74, 6) is -2.81. The first kappa shape index (κ1) is 24.8. The number of halogens is 2. The number of aliphatic carboxylic acids is 1. The maximum Gasteiger partial charge on any atom is 0.334 e. The van der Waals surface area contributed by atoms with Gasteiger partial charge in [0.15, 0.2) is 11.5 Å². The van der Waals surface area contributed by atoms with Gasteiger partial charge in [0.05, 0.1) is 16.6 Å². The number of H-pyrrole nitrogens is 1. The highest BCUT2D eigenvalue weighted by atomic mass is 19.1. The van der Waals surface area contributed by atoms with E-state index >= 15 is 4.39 Å². The SMILES string of the molecule is CC(C)c1cccc(CCCC(=O)O)c1-n1c(=O)[nH]c(=O)c2cc(F)c(-c3c(N)cccc3F)nc21. The number of anilines is 1. The lowest BCUT2D eigenvalue weighted by Crippen LogP contribution is -2.31. The van der Waals surface area contributed by atoms with E-state index < -0.39 is 34.5 Å². The molecule has 2 aromatic heterocycles. The number of nitrogen functional groups attached to an aromatic ring is 1. The zero-order chi connectivity index (χ0) is 26.1. The molecule has 0 saturated heterocycles. The van der Waals surface area contributed by atoms with Crippen LogP contribution in [0.25, 0.3) is 28.0 Å². The van der Waals surface area contributed by atoms with Crippen LogP contribution in [0.5, 0.6) is 0 Å². The van der Waals surface area contributed by atoms with Crippen LogP contribution < -0.4 is 17.0 Å².